The number of hydrogen-bond acceptors (Lipinski definition) is 2. The van der Waals surface area contributed by atoms with Crippen molar-refractivity contribution in [2.45, 2.75) is 47.6 Å². The Hall–Kier alpha value is -1.22. The molecule has 118 valence electrons. The first-order valence-electron chi connectivity index (χ1n) is 7.41. The van der Waals surface area contributed by atoms with Gasteiger partial charge in [0, 0.05) is 11.1 Å². The van der Waals surface area contributed by atoms with Crippen LogP contribution in [0.15, 0.2) is 12.1 Å². The molecule has 3 nitrogen and oxygen atoms in total. The van der Waals surface area contributed by atoms with Crippen LogP contribution < -0.4 is 10.1 Å². The lowest BCUT2D eigenvalue weighted by atomic mass is 9.93. The molecule has 1 amide bonds. The molecule has 4 heteroatoms. The van der Waals surface area contributed by atoms with Crippen molar-refractivity contribution >= 4 is 17.5 Å². The van der Waals surface area contributed by atoms with Crippen molar-refractivity contribution in [3.63, 3.8) is 0 Å². The second kappa shape index (κ2) is 7.69. The molecule has 1 aromatic rings. The largest absolute Gasteiger partial charge is 0.484 e. The van der Waals surface area contributed by atoms with E-state index >= 15 is 0 Å². The third-order valence-corrected chi connectivity index (χ3v) is 4.14. The number of rotatable bonds is 6. The second-order valence-corrected chi connectivity index (χ2v) is 6.62. The number of amides is 1. The van der Waals surface area contributed by atoms with E-state index in [-0.39, 0.29) is 18.6 Å². The number of halogens is 1. The van der Waals surface area contributed by atoms with Gasteiger partial charge in [0.15, 0.2) is 6.61 Å². The van der Waals surface area contributed by atoms with Crippen molar-refractivity contribution < 1.29 is 9.53 Å². The summed E-state index contributed by atoms with van der Waals surface area (Å²) >= 11 is 6.12. The molecule has 1 N–H and O–H groups in total. The molecule has 0 bridgehead atoms. The summed E-state index contributed by atoms with van der Waals surface area (Å²) in [6.45, 7) is 12.3. The van der Waals surface area contributed by atoms with Crippen LogP contribution in [0.1, 0.15) is 38.8 Å². The Morgan fingerprint density at radius 3 is 2.05 bits per heavy atom. The maximum absolute atomic E-state index is 12.0. The molecule has 0 saturated heterocycles. The number of carbonyl (C=O) groups is 1. The van der Waals surface area contributed by atoms with Crippen molar-refractivity contribution in [3.8, 4) is 5.75 Å². The highest BCUT2D eigenvalue weighted by Crippen LogP contribution is 2.25. The lowest BCUT2D eigenvalue weighted by Gasteiger charge is -2.26. The number of ether oxygens (including phenoxy) is 1. The molecule has 0 spiro atoms. The smallest absolute Gasteiger partial charge is 0.258 e. The van der Waals surface area contributed by atoms with Gasteiger partial charge in [-0.1, -0.05) is 39.3 Å². The highest BCUT2D eigenvalue weighted by molar-refractivity contribution is 6.32. The topological polar surface area (TPSA) is 38.3 Å². The van der Waals surface area contributed by atoms with Crippen LogP contribution in [0.5, 0.6) is 5.75 Å². The third-order valence-electron chi connectivity index (χ3n) is 3.54. The quantitative estimate of drug-likeness (QED) is 0.857. The highest BCUT2D eigenvalue weighted by Gasteiger charge is 2.19. The zero-order valence-corrected chi connectivity index (χ0v) is 14.5. The summed E-state index contributed by atoms with van der Waals surface area (Å²) in [6.07, 6.45) is 0. The van der Waals surface area contributed by atoms with Crippen LogP contribution in [0.2, 0.25) is 5.02 Å². The normalized spacial score (nSPS) is 11.3. The van der Waals surface area contributed by atoms with Gasteiger partial charge < -0.3 is 10.1 Å². The van der Waals surface area contributed by atoms with Crippen LogP contribution in [-0.4, -0.2) is 18.6 Å². The summed E-state index contributed by atoms with van der Waals surface area (Å²) in [7, 11) is 0. The van der Waals surface area contributed by atoms with Gasteiger partial charge in [-0.3, -0.25) is 4.79 Å². The minimum absolute atomic E-state index is 0.0243. The first kappa shape index (κ1) is 17.8. The Bertz CT molecular complexity index is 467. The van der Waals surface area contributed by atoms with Crippen molar-refractivity contribution in [2.24, 2.45) is 11.8 Å². The number of aryl methyl sites for hydroxylation is 2. The summed E-state index contributed by atoms with van der Waals surface area (Å²) < 4.78 is 5.57. The monoisotopic (exact) mass is 311 g/mol. The molecule has 1 rings (SSSR count). The number of benzene rings is 1. The SMILES string of the molecule is Cc1cc(OCC(=O)NC(C(C)C)C(C)C)cc(C)c1Cl. The van der Waals surface area contributed by atoms with Gasteiger partial charge in [0.25, 0.3) is 5.91 Å². The average Bonchev–Trinajstić information content (AvgIpc) is 2.38. The molecule has 0 aliphatic heterocycles. The van der Waals surface area contributed by atoms with E-state index in [4.69, 9.17) is 16.3 Å². The van der Waals surface area contributed by atoms with Crippen molar-refractivity contribution in [3.05, 3.63) is 28.3 Å². The molecular formula is C17H26ClNO2. The van der Waals surface area contributed by atoms with E-state index in [0.717, 1.165) is 16.1 Å². The highest BCUT2D eigenvalue weighted by atomic mass is 35.5. The average molecular weight is 312 g/mol. The van der Waals surface area contributed by atoms with E-state index in [9.17, 15) is 4.79 Å². The van der Waals surface area contributed by atoms with Gasteiger partial charge in [-0.25, -0.2) is 0 Å². The molecule has 0 aromatic heterocycles. The van der Waals surface area contributed by atoms with Crippen LogP contribution >= 0.6 is 11.6 Å². The van der Waals surface area contributed by atoms with E-state index in [1.165, 1.54) is 0 Å². The summed E-state index contributed by atoms with van der Waals surface area (Å²) in [5.41, 5.74) is 1.91. The number of hydrogen-bond donors (Lipinski definition) is 1. The van der Waals surface area contributed by atoms with Gasteiger partial charge in [-0.05, 0) is 48.9 Å². The molecular weight excluding hydrogens is 286 g/mol. The summed E-state index contributed by atoms with van der Waals surface area (Å²) in [5.74, 6) is 1.38. The lowest BCUT2D eigenvalue weighted by Crippen LogP contribution is -2.44. The lowest BCUT2D eigenvalue weighted by molar-refractivity contribution is -0.124. The zero-order valence-electron chi connectivity index (χ0n) is 13.8. The van der Waals surface area contributed by atoms with E-state index < -0.39 is 0 Å². The standard InChI is InChI=1S/C17H26ClNO2/c1-10(2)17(11(3)4)19-15(20)9-21-14-7-12(5)16(18)13(6)8-14/h7-8,10-11,17H,9H2,1-6H3,(H,19,20). The Balaban J connectivity index is 2.61. The van der Waals surface area contributed by atoms with Crippen LogP contribution in [-0.2, 0) is 4.79 Å². The van der Waals surface area contributed by atoms with Gasteiger partial charge in [-0.2, -0.15) is 0 Å². The van der Waals surface area contributed by atoms with Gasteiger partial charge in [0.2, 0.25) is 0 Å². The number of nitrogens with one attached hydrogen (secondary N) is 1. The number of carbonyl (C=O) groups excluding carboxylic acids is 1. The van der Waals surface area contributed by atoms with Gasteiger partial charge in [0.1, 0.15) is 5.75 Å². The van der Waals surface area contributed by atoms with E-state index in [2.05, 4.69) is 33.0 Å². The molecule has 0 radical (unpaired) electrons. The van der Waals surface area contributed by atoms with E-state index in [0.29, 0.717) is 17.6 Å². The van der Waals surface area contributed by atoms with Crippen molar-refractivity contribution in [1.82, 2.24) is 5.32 Å². The van der Waals surface area contributed by atoms with Gasteiger partial charge in [0.05, 0.1) is 0 Å². The zero-order chi connectivity index (χ0) is 16.2. The molecule has 0 atom stereocenters. The van der Waals surface area contributed by atoms with Gasteiger partial charge >= 0.3 is 0 Å². The molecule has 1 aromatic carbocycles. The summed E-state index contributed by atoms with van der Waals surface area (Å²) in [5, 5.41) is 3.78. The van der Waals surface area contributed by atoms with E-state index in [1.54, 1.807) is 0 Å². The third kappa shape index (κ3) is 5.24. The summed E-state index contributed by atoms with van der Waals surface area (Å²) in [4.78, 5) is 12.0. The predicted octanol–water partition coefficient (Wildman–Crippen LogP) is 4.13. The van der Waals surface area contributed by atoms with Crippen LogP contribution in [0.4, 0.5) is 0 Å². The molecule has 0 saturated carbocycles. The molecule has 21 heavy (non-hydrogen) atoms. The molecule has 0 fully saturated rings. The van der Waals surface area contributed by atoms with Crippen molar-refractivity contribution in [1.29, 1.82) is 0 Å². The molecule has 0 unspecified atom stereocenters. The molecule has 0 aliphatic carbocycles. The fourth-order valence-electron chi connectivity index (χ4n) is 2.47. The van der Waals surface area contributed by atoms with E-state index in [1.807, 2.05) is 26.0 Å². The van der Waals surface area contributed by atoms with Crippen LogP contribution in [0.3, 0.4) is 0 Å². The Morgan fingerprint density at radius 1 is 1.14 bits per heavy atom. The molecule has 0 aliphatic rings. The second-order valence-electron chi connectivity index (χ2n) is 6.24. The minimum atomic E-state index is -0.0901. The molecule has 0 heterocycles. The van der Waals surface area contributed by atoms with Crippen LogP contribution in [0, 0.1) is 25.7 Å². The Kier molecular flexibility index (Phi) is 6.53. The fraction of sp³-hybridized carbons (Fsp3) is 0.588. The van der Waals surface area contributed by atoms with Gasteiger partial charge in [-0.15, -0.1) is 0 Å². The summed E-state index contributed by atoms with van der Waals surface area (Å²) in [6, 6.07) is 3.87. The predicted molar refractivity (Wildman–Crippen MR) is 88.0 cm³/mol. The van der Waals surface area contributed by atoms with Crippen molar-refractivity contribution in [2.75, 3.05) is 6.61 Å². The minimum Gasteiger partial charge on any atom is -0.484 e. The Labute approximate surface area is 133 Å². The maximum Gasteiger partial charge on any atom is 0.258 e. The first-order chi connectivity index (χ1) is 9.72. The Morgan fingerprint density at radius 2 is 1.62 bits per heavy atom. The maximum atomic E-state index is 12.0. The first-order valence-corrected chi connectivity index (χ1v) is 7.79. The fourth-order valence-corrected chi connectivity index (χ4v) is 2.58. The van der Waals surface area contributed by atoms with Crippen LogP contribution in [0.25, 0.3) is 0 Å².